The molecule has 0 aliphatic heterocycles. The molecule has 1 aromatic carbocycles. The predicted molar refractivity (Wildman–Crippen MR) is 134 cm³/mol. The fourth-order valence-electron chi connectivity index (χ4n) is 3.70. The number of carbonyl (C=O) groups is 1. The Hall–Kier alpha value is -3.05. The monoisotopic (exact) mass is 550 g/mol. The van der Waals surface area contributed by atoms with Gasteiger partial charge >= 0.3 is 11.8 Å². The lowest BCUT2D eigenvalue weighted by Crippen LogP contribution is -2.40. The lowest BCUT2D eigenvalue weighted by molar-refractivity contribution is 0.0526. The van der Waals surface area contributed by atoms with Gasteiger partial charge in [-0.05, 0) is 54.9 Å². The van der Waals surface area contributed by atoms with Crippen molar-refractivity contribution in [1.29, 1.82) is 0 Å². The van der Waals surface area contributed by atoms with Gasteiger partial charge in [-0.15, -0.1) is 0 Å². The summed E-state index contributed by atoms with van der Waals surface area (Å²) in [4.78, 5) is 45.9. The Labute approximate surface area is 207 Å². The number of hydrogen-bond donors (Lipinski definition) is 2. The zero-order valence-electron chi connectivity index (χ0n) is 19.1. The van der Waals surface area contributed by atoms with E-state index in [2.05, 4.69) is 31.2 Å². The topological polar surface area (TPSA) is 116 Å². The molecule has 0 fully saturated rings. The first-order chi connectivity index (χ1) is 16.0. The van der Waals surface area contributed by atoms with Crippen LogP contribution in [-0.4, -0.2) is 41.9 Å². The number of H-pyrrole nitrogens is 1. The minimum Gasteiger partial charge on any atom is -0.444 e. The first-order valence-electron chi connectivity index (χ1n) is 10.5. The third kappa shape index (κ3) is 4.62. The molecule has 0 bridgehead atoms. The van der Waals surface area contributed by atoms with Crippen LogP contribution >= 0.6 is 27.5 Å². The van der Waals surface area contributed by atoms with Gasteiger partial charge in [-0.2, -0.15) is 0 Å². The molecule has 180 valence electrons. The third-order valence-electron chi connectivity index (χ3n) is 5.18. The van der Waals surface area contributed by atoms with Crippen molar-refractivity contribution < 1.29 is 9.53 Å². The van der Waals surface area contributed by atoms with Crippen LogP contribution in [0.25, 0.3) is 22.1 Å². The average molecular weight is 552 g/mol. The van der Waals surface area contributed by atoms with Crippen LogP contribution < -0.4 is 16.6 Å². The molecular formula is C22H24BrClN6O4. The highest BCUT2D eigenvalue weighted by Gasteiger charge is 2.21. The van der Waals surface area contributed by atoms with Crippen molar-refractivity contribution >= 4 is 55.7 Å². The van der Waals surface area contributed by atoms with Crippen molar-refractivity contribution in [2.45, 2.75) is 39.5 Å². The van der Waals surface area contributed by atoms with Gasteiger partial charge in [0, 0.05) is 41.8 Å². The number of halogens is 2. The number of fused-ring (bicyclic) bond motifs is 2. The van der Waals surface area contributed by atoms with Crippen LogP contribution in [0, 0.1) is 0 Å². The first-order valence-corrected chi connectivity index (χ1v) is 11.7. The number of rotatable bonds is 5. The van der Waals surface area contributed by atoms with E-state index in [0.29, 0.717) is 15.5 Å². The lowest BCUT2D eigenvalue weighted by Gasteiger charge is -2.19. The van der Waals surface area contributed by atoms with Crippen LogP contribution in [-0.2, 0) is 24.9 Å². The van der Waals surface area contributed by atoms with Gasteiger partial charge < -0.3 is 19.6 Å². The van der Waals surface area contributed by atoms with Gasteiger partial charge in [-0.3, -0.25) is 13.9 Å². The number of alkyl carbamates (subject to hydrolysis) is 1. The second kappa shape index (κ2) is 8.95. The Morgan fingerprint density at radius 1 is 1.26 bits per heavy atom. The van der Waals surface area contributed by atoms with Crippen LogP contribution in [0.1, 0.15) is 26.5 Å². The molecule has 12 heteroatoms. The van der Waals surface area contributed by atoms with Gasteiger partial charge in [-0.25, -0.2) is 14.6 Å². The van der Waals surface area contributed by atoms with Crippen LogP contribution in [0.15, 0.2) is 38.6 Å². The number of benzene rings is 1. The first kappa shape index (κ1) is 24.1. The molecule has 0 aliphatic carbocycles. The third-order valence-corrected chi connectivity index (χ3v) is 6.12. The van der Waals surface area contributed by atoms with Crippen LogP contribution in [0.4, 0.5) is 4.79 Å². The van der Waals surface area contributed by atoms with Crippen molar-refractivity contribution in [1.82, 2.24) is 29.0 Å². The summed E-state index contributed by atoms with van der Waals surface area (Å²) in [5.41, 5.74) is 0.368. The van der Waals surface area contributed by atoms with E-state index in [4.69, 9.17) is 16.3 Å². The smallest absolute Gasteiger partial charge is 0.407 e. The van der Waals surface area contributed by atoms with Crippen LogP contribution in [0.2, 0.25) is 5.02 Å². The van der Waals surface area contributed by atoms with Gasteiger partial charge in [0.25, 0.3) is 5.56 Å². The number of aromatic amines is 1. The summed E-state index contributed by atoms with van der Waals surface area (Å²) in [5, 5.41) is 4.05. The van der Waals surface area contributed by atoms with Gasteiger partial charge in [-0.1, -0.05) is 17.7 Å². The normalized spacial score (nSPS) is 11.9. The van der Waals surface area contributed by atoms with Crippen LogP contribution in [0.5, 0.6) is 0 Å². The lowest BCUT2D eigenvalue weighted by atomic mass is 10.2. The van der Waals surface area contributed by atoms with Gasteiger partial charge in [0.15, 0.2) is 15.9 Å². The van der Waals surface area contributed by atoms with E-state index in [1.165, 1.54) is 4.57 Å². The molecule has 0 saturated carbocycles. The summed E-state index contributed by atoms with van der Waals surface area (Å²) in [6, 6.07) is 7.30. The number of aromatic nitrogens is 5. The van der Waals surface area contributed by atoms with E-state index in [0.717, 1.165) is 15.5 Å². The van der Waals surface area contributed by atoms with Crippen molar-refractivity contribution in [3.63, 3.8) is 0 Å². The summed E-state index contributed by atoms with van der Waals surface area (Å²) in [7, 11) is 1.56. The number of nitrogens with zero attached hydrogens (tertiary/aromatic N) is 4. The van der Waals surface area contributed by atoms with Gasteiger partial charge in [0.1, 0.15) is 5.60 Å². The Balaban J connectivity index is 1.69. The second-order valence-corrected chi connectivity index (χ2v) is 9.98. The predicted octanol–water partition coefficient (Wildman–Crippen LogP) is 3.37. The number of nitrogens with one attached hydrogen (secondary N) is 2. The molecule has 0 atom stereocenters. The van der Waals surface area contributed by atoms with Crippen molar-refractivity contribution in [2.24, 2.45) is 7.05 Å². The molecule has 2 N–H and O–H groups in total. The average Bonchev–Trinajstić information content (AvgIpc) is 3.30. The van der Waals surface area contributed by atoms with Gasteiger partial charge in [0.05, 0.1) is 6.54 Å². The molecule has 4 aromatic rings. The molecule has 4 rings (SSSR count). The zero-order chi connectivity index (χ0) is 24.8. The zero-order valence-corrected chi connectivity index (χ0v) is 21.5. The largest absolute Gasteiger partial charge is 0.444 e. The quantitative estimate of drug-likeness (QED) is 0.369. The van der Waals surface area contributed by atoms with E-state index in [1.54, 1.807) is 38.5 Å². The molecule has 1 amide bonds. The maximum Gasteiger partial charge on any atom is 0.407 e. The Kier molecular flexibility index (Phi) is 6.34. The number of imidazole rings is 1. The molecule has 3 heterocycles. The number of carbonyl (C=O) groups excluding carboxylic acids is 1. The maximum absolute atomic E-state index is 13.4. The molecule has 0 unspecified atom stereocenters. The molecule has 34 heavy (non-hydrogen) atoms. The van der Waals surface area contributed by atoms with Crippen LogP contribution in [0.3, 0.4) is 0 Å². The Bertz CT molecular complexity index is 1520. The molecule has 0 spiro atoms. The summed E-state index contributed by atoms with van der Waals surface area (Å²) < 4.78 is 9.70. The summed E-state index contributed by atoms with van der Waals surface area (Å²) in [6.07, 6.45) is -0.560. The van der Waals surface area contributed by atoms with E-state index in [9.17, 15) is 14.4 Å². The number of amides is 1. The SMILES string of the molecule is Cn1c(=O)n(Cc2cc3c(Cl)cccc3[nH]2)c(=O)c2c1nc(Br)n2CCNC(=O)OC(C)(C)C. The van der Waals surface area contributed by atoms with Crippen molar-refractivity contribution in [3.05, 3.63) is 60.6 Å². The number of aryl methyl sites for hydroxylation is 1. The molecule has 10 nitrogen and oxygen atoms in total. The fourth-order valence-corrected chi connectivity index (χ4v) is 4.46. The van der Waals surface area contributed by atoms with Crippen molar-refractivity contribution in [2.75, 3.05) is 6.54 Å². The maximum atomic E-state index is 13.4. The Morgan fingerprint density at radius 2 is 2.00 bits per heavy atom. The van der Waals surface area contributed by atoms with E-state index < -0.39 is 22.9 Å². The number of ether oxygens (including phenoxy) is 1. The van der Waals surface area contributed by atoms with Crippen molar-refractivity contribution in [3.8, 4) is 0 Å². The number of hydrogen-bond acceptors (Lipinski definition) is 5. The summed E-state index contributed by atoms with van der Waals surface area (Å²) in [5.74, 6) is 0. The van der Waals surface area contributed by atoms with E-state index in [-0.39, 0.29) is 30.8 Å². The standard InChI is InChI=1S/C22H24BrClN6O4/c1-22(2,3)34-20(32)25-8-9-29-16-17(27-19(29)23)28(4)21(33)30(18(16)31)11-12-10-13-14(24)6-5-7-15(13)26-12/h5-7,10,26H,8-9,11H2,1-4H3,(H,25,32). The highest BCUT2D eigenvalue weighted by molar-refractivity contribution is 9.10. The summed E-state index contributed by atoms with van der Waals surface area (Å²) >= 11 is 9.62. The highest BCUT2D eigenvalue weighted by atomic mass is 79.9. The van der Waals surface area contributed by atoms with E-state index >= 15 is 0 Å². The highest BCUT2D eigenvalue weighted by Crippen LogP contribution is 2.24. The fraction of sp³-hybridized carbons (Fsp3) is 0.364. The van der Waals surface area contributed by atoms with E-state index in [1.807, 2.05) is 18.2 Å². The molecule has 0 radical (unpaired) electrons. The summed E-state index contributed by atoms with van der Waals surface area (Å²) in [6.45, 7) is 5.79. The minimum absolute atomic E-state index is 0.0331. The molecule has 0 saturated heterocycles. The molecule has 3 aromatic heterocycles. The molecular weight excluding hydrogens is 528 g/mol. The minimum atomic E-state index is -0.620. The second-order valence-electron chi connectivity index (χ2n) is 8.86. The van der Waals surface area contributed by atoms with Gasteiger partial charge in [0.2, 0.25) is 0 Å². The Morgan fingerprint density at radius 3 is 2.68 bits per heavy atom. The molecule has 0 aliphatic rings.